The largest absolute Gasteiger partial charge is 0.481 e. The van der Waals surface area contributed by atoms with E-state index >= 15 is 0 Å². The number of aliphatic hydroxyl groups is 2. The lowest BCUT2D eigenvalue weighted by Crippen LogP contribution is -2.59. The number of hydrogen-bond donors (Lipinski definition) is 8. The molecule has 0 aromatic rings. The predicted molar refractivity (Wildman–Crippen MR) is 83.5 cm³/mol. The summed E-state index contributed by atoms with van der Waals surface area (Å²) in [4.78, 5) is 57.0. The van der Waals surface area contributed by atoms with Gasteiger partial charge in [-0.15, -0.1) is 0 Å². The first kappa shape index (κ1) is 23.2. The van der Waals surface area contributed by atoms with Gasteiger partial charge in [-0.3, -0.25) is 24.0 Å². The quantitative estimate of drug-likeness (QED) is 0.171. The Morgan fingerprint density at radius 2 is 1.54 bits per heavy atom. The van der Waals surface area contributed by atoms with Crippen LogP contribution < -0.4 is 21.7 Å². The number of aliphatic carboxylic acids is 2. The zero-order chi connectivity index (χ0) is 20.4. The van der Waals surface area contributed by atoms with E-state index in [-0.39, 0.29) is 0 Å². The molecule has 4 atom stereocenters. The van der Waals surface area contributed by atoms with E-state index in [2.05, 4.69) is 0 Å². The van der Waals surface area contributed by atoms with Crippen LogP contribution in [-0.4, -0.2) is 87.5 Å². The van der Waals surface area contributed by atoms with Crippen LogP contribution in [-0.2, 0) is 24.0 Å². The smallest absolute Gasteiger partial charge is 0.322 e. The summed E-state index contributed by atoms with van der Waals surface area (Å²) in [6, 6.07) is -4.64. The Balaban J connectivity index is 5.15. The highest BCUT2D eigenvalue weighted by molar-refractivity contribution is 5.95. The Bertz CT molecular complexity index is 552. The van der Waals surface area contributed by atoms with Crippen LogP contribution >= 0.6 is 0 Å². The van der Waals surface area contributed by atoms with Crippen LogP contribution in [0.5, 0.6) is 0 Å². The Morgan fingerprint density at radius 1 is 0.962 bits per heavy atom. The highest BCUT2D eigenvalue weighted by Crippen LogP contribution is 1.99. The van der Waals surface area contributed by atoms with Crippen LogP contribution in [0.15, 0.2) is 0 Å². The van der Waals surface area contributed by atoms with Gasteiger partial charge in [0.05, 0.1) is 19.1 Å². The molecule has 0 aromatic heterocycles. The summed E-state index contributed by atoms with van der Waals surface area (Å²) < 4.78 is 0. The molecule has 0 spiro atoms. The van der Waals surface area contributed by atoms with Crippen molar-refractivity contribution in [1.82, 2.24) is 16.0 Å². The zero-order valence-corrected chi connectivity index (χ0v) is 13.8. The minimum absolute atomic E-state index is 0.749. The van der Waals surface area contributed by atoms with E-state index in [4.69, 9.17) is 21.1 Å². The Hall–Kier alpha value is -2.77. The van der Waals surface area contributed by atoms with Crippen LogP contribution in [0.3, 0.4) is 0 Å². The van der Waals surface area contributed by atoms with Gasteiger partial charge in [0, 0.05) is 0 Å². The van der Waals surface area contributed by atoms with Gasteiger partial charge in [0.2, 0.25) is 17.7 Å². The molecule has 0 aliphatic heterocycles. The van der Waals surface area contributed by atoms with E-state index in [1.807, 2.05) is 16.0 Å². The van der Waals surface area contributed by atoms with Crippen molar-refractivity contribution in [3.05, 3.63) is 0 Å². The fourth-order valence-corrected chi connectivity index (χ4v) is 1.68. The third kappa shape index (κ3) is 8.36. The summed E-state index contributed by atoms with van der Waals surface area (Å²) in [6.07, 6.45) is -2.31. The standard InChI is InChI=1S/C13H22N4O9/c1-5(19)10(13(26)15-3-9(22)23)17-12(25)7(2-8(20)21)16-11(24)6(14)4-18/h5-7,10,18-19H,2-4,14H2,1H3,(H,15,26)(H,16,24)(H,17,25)(H,20,21)(H,22,23). The molecule has 13 heteroatoms. The average molecular weight is 378 g/mol. The van der Waals surface area contributed by atoms with E-state index in [0.29, 0.717) is 0 Å². The number of hydrogen-bond acceptors (Lipinski definition) is 8. The van der Waals surface area contributed by atoms with E-state index in [0.717, 1.165) is 6.92 Å². The van der Waals surface area contributed by atoms with Gasteiger partial charge in [-0.25, -0.2) is 0 Å². The Morgan fingerprint density at radius 3 is 1.96 bits per heavy atom. The van der Waals surface area contributed by atoms with E-state index in [9.17, 15) is 29.1 Å². The first-order valence-electron chi connectivity index (χ1n) is 7.36. The summed E-state index contributed by atoms with van der Waals surface area (Å²) in [5, 5.41) is 41.7. The van der Waals surface area contributed by atoms with Crippen molar-refractivity contribution in [2.24, 2.45) is 5.73 Å². The van der Waals surface area contributed by atoms with Crippen molar-refractivity contribution in [2.45, 2.75) is 37.6 Å². The summed E-state index contributed by atoms with van der Waals surface area (Å²) in [5.41, 5.74) is 5.26. The fourth-order valence-electron chi connectivity index (χ4n) is 1.68. The number of rotatable bonds is 11. The molecule has 0 saturated carbocycles. The van der Waals surface area contributed by atoms with Crippen molar-refractivity contribution in [3.63, 3.8) is 0 Å². The summed E-state index contributed by atoms with van der Waals surface area (Å²) >= 11 is 0. The molecule has 0 bridgehead atoms. The molecule has 0 aromatic carbocycles. The lowest BCUT2D eigenvalue weighted by Gasteiger charge is -2.24. The molecule has 13 nitrogen and oxygen atoms in total. The van der Waals surface area contributed by atoms with Gasteiger partial charge < -0.3 is 42.1 Å². The molecule has 9 N–H and O–H groups in total. The van der Waals surface area contributed by atoms with E-state index in [1.165, 1.54) is 0 Å². The van der Waals surface area contributed by atoms with Gasteiger partial charge >= 0.3 is 11.9 Å². The first-order chi connectivity index (χ1) is 12.0. The number of nitrogens with one attached hydrogen (secondary N) is 3. The van der Waals surface area contributed by atoms with Crippen molar-refractivity contribution >= 4 is 29.7 Å². The Kier molecular flexibility index (Phi) is 9.80. The normalized spacial score (nSPS) is 15.1. The van der Waals surface area contributed by atoms with Gasteiger partial charge in [-0.2, -0.15) is 0 Å². The second kappa shape index (κ2) is 11.0. The van der Waals surface area contributed by atoms with Crippen LogP contribution in [0.1, 0.15) is 13.3 Å². The lowest BCUT2D eigenvalue weighted by atomic mass is 10.1. The summed E-state index contributed by atoms with van der Waals surface area (Å²) in [5.74, 6) is -5.96. The molecule has 148 valence electrons. The van der Waals surface area contributed by atoms with Crippen LogP contribution in [0.4, 0.5) is 0 Å². The van der Waals surface area contributed by atoms with Crippen molar-refractivity contribution < 1.29 is 44.4 Å². The number of carbonyl (C=O) groups is 5. The number of carboxylic acid groups (broad SMARTS) is 2. The van der Waals surface area contributed by atoms with Crippen molar-refractivity contribution in [1.29, 1.82) is 0 Å². The van der Waals surface area contributed by atoms with Crippen LogP contribution in [0.2, 0.25) is 0 Å². The summed E-state index contributed by atoms with van der Waals surface area (Å²) in [6.45, 7) is -0.378. The lowest BCUT2D eigenvalue weighted by molar-refractivity contribution is -0.142. The second-order valence-corrected chi connectivity index (χ2v) is 5.29. The molecular formula is C13H22N4O9. The molecule has 3 amide bonds. The van der Waals surface area contributed by atoms with Gasteiger partial charge in [0.15, 0.2) is 0 Å². The molecule has 0 saturated heterocycles. The molecule has 0 heterocycles. The molecule has 26 heavy (non-hydrogen) atoms. The number of aliphatic hydroxyl groups excluding tert-OH is 2. The average Bonchev–Trinajstić information content (AvgIpc) is 2.54. The third-order valence-electron chi connectivity index (χ3n) is 3.02. The molecule has 0 fully saturated rings. The van der Waals surface area contributed by atoms with E-state index in [1.54, 1.807) is 0 Å². The number of amides is 3. The topological polar surface area (TPSA) is 228 Å². The number of nitrogens with two attached hydrogens (primary N) is 1. The monoisotopic (exact) mass is 378 g/mol. The van der Waals surface area contributed by atoms with Gasteiger partial charge in [-0.05, 0) is 6.92 Å². The van der Waals surface area contributed by atoms with Crippen LogP contribution in [0.25, 0.3) is 0 Å². The summed E-state index contributed by atoms with van der Waals surface area (Å²) in [7, 11) is 0. The number of carbonyl (C=O) groups excluding carboxylic acids is 3. The zero-order valence-electron chi connectivity index (χ0n) is 13.8. The third-order valence-corrected chi connectivity index (χ3v) is 3.02. The highest BCUT2D eigenvalue weighted by atomic mass is 16.4. The highest BCUT2D eigenvalue weighted by Gasteiger charge is 2.31. The molecular weight excluding hydrogens is 356 g/mol. The minimum Gasteiger partial charge on any atom is -0.481 e. The maximum atomic E-state index is 12.2. The van der Waals surface area contributed by atoms with E-state index < -0.39 is 73.5 Å². The molecule has 0 aliphatic carbocycles. The van der Waals surface area contributed by atoms with Crippen molar-refractivity contribution in [3.8, 4) is 0 Å². The Labute approximate surface area is 147 Å². The van der Waals surface area contributed by atoms with Crippen molar-refractivity contribution in [2.75, 3.05) is 13.2 Å². The second-order valence-electron chi connectivity index (χ2n) is 5.29. The molecule has 4 unspecified atom stereocenters. The first-order valence-corrected chi connectivity index (χ1v) is 7.36. The van der Waals surface area contributed by atoms with Crippen LogP contribution in [0, 0.1) is 0 Å². The maximum absolute atomic E-state index is 12.2. The number of carboxylic acids is 2. The van der Waals surface area contributed by atoms with Gasteiger partial charge in [0.1, 0.15) is 24.7 Å². The molecule has 0 radical (unpaired) electrons. The molecule has 0 aliphatic rings. The molecule has 0 rings (SSSR count). The SMILES string of the molecule is CC(O)C(NC(=O)C(CC(=O)O)NC(=O)C(N)CO)C(=O)NCC(=O)O. The maximum Gasteiger partial charge on any atom is 0.322 e. The van der Waals surface area contributed by atoms with Gasteiger partial charge in [0.25, 0.3) is 0 Å². The minimum atomic E-state index is -1.65. The predicted octanol–water partition coefficient (Wildman–Crippen LogP) is -4.67. The fraction of sp³-hybridized carbons (Fsp3) is 0.615. The van der Waals surface area contributed by atoms with Gasteiger partial charge in [-0.1, -0.05) is 0 Å².